The normalized spacial score (nSPS) is 41.6. The molecule has 10 fully saturated rings. The highest BCUT2D eigenvalue weighted by Gasteiger charge is 2.62. The van der Waals surface area contributed by atoms with E-state index in [0.717, 1.165) is 169 Å². The van der Waals surface area contributed by atoms with Crippen LogP contribution in [0.1, 0.15) is 239 Å². The van der Waals surface area contributed by atoms with Gasteiger partial charge in [0, 0.05) is 12.8 Å². The lowest BCUT2D eigenvalue weighted by Crippen LogP contribution is -2.36. The van der Waals surface area contributed by atoms with Gasteiger partial charge in [-0.05, 0) is 197 Å². The molecule has 2 heterocycles. The summed E-state index contributed by atoms with van der Waals surface area (Å²) < 4.78 is 22.4. The number of hydrogen-bond acceptors (Lipinski definition) is 8. The Bertz CT molecular complexity index is 1670. The summed E-state index contributed by atoms with van der Waals surface area (Å²) in [7, 11) is 0. The molecule has 8 aliphatic carbocycles. The first-order chi connectivity index (χ1) is 33.7. The highest BCUT2D eigenvalue weighted by Crippen LogP contribution is 2.66. The largest absolute Gasteiger partial charge is 0.481 e. The molecule has 22 unspecified atom stereocenters. The third kappa shape index (κ3) is 15.5. The minimum atomic E-state index is -0.585. The van der Waals surface area contributed by atoms with Crippen molar-refractivity contribution >= 4 is 23.9 Å². The Morgan fingerprint density at radius 3 is 1.22 bits per heavy atom. The summed E-state index contributed by atoms with van der Waals surface area (Å²) >= 11 is 0. The van der Waals surface area contributed by atoms with Crippen LogP contribution in [0.4, 0.5) is 0 Å². The Kier molecular flexibility index (Phi) is 27.5. The maximum atomic E-state index is 12.7. The average molecular weight is 1050 g/mol. The maximum Gasteiger partial charge on any atom is 0.311 e. The summed E-state index contributed by atoms with van der Waals surface area (Å²) in [6.07, 6.45) is 26.8. The number of carboxylic acids is 2. The summed E-state index contributed by atoms with van der Waals surface area (Å²) in [5.74, 6) is 10.8. The van der Waals surface area contributed by atoms with Crippen LogP contribution in [-0.4, -0.2) is 59.9 Å². The molecule has 10 nitrogen and oxygen atoms in total. The van der Waals surface area contributed by atoms with E-state index < -0.39 is 11.9 Å². The summed E-state index contributed by atoms with van der Waals surface area (Å²) in [5, 5.41) is 18.3. The Balaban J connectivity index is 0.000000261. The van der Waals surface area contributed by atoms with Crippen molar-refractivity contribution < 1.29 is 48.3 Å². The second kappa shape index (κ2) is 30.8. The summed E-state index contributed by atoms with van der Waals surface area (Å²) in [5.41, 5.74) is 0. The second-order valence-corrected chi connectivity index (χ2v) is 25.4. The fourth-order valence-electron chi connectivity index (χ4n) is 18.2. The van der Waals surface area contributed by atoms with Gasteiger partial charge in [-0.2, -0.15) is 0 Å². The fourth-order valence-corrected chi connectivity index (χ4v) is 18.2. The van der Waals surface area contributed by atoms with Gasteiger partial charge in [0.15, 0.2) is 0 Å². The third-order valence-electron chi connectivity index (χ3n) is 20.5. The molecule has 0 spiro atoms. The van der Waals surface area contributed by atoms with Crippen molar-refractivity contribution in [2.45, 2.75) is 252 Å². The van der Waals surface area contributed by atoms with E-state index in [1.165, 1.54) is 57.8 Å². The first-order valence-corrected chi connectivity index (χ1v) is 29.8. The van der Waals surface area contributed by atoms with Crippen LogP contribution in [0.25, 0.3) is 0 Å². The van der Waals surface area contributed by atoms with Crippen molar-refractivity contribution in [2.24, 2.45) is 118 Å². The van der Waals surface area contributed by atoms with Crippen molar-refractivity contribution in [3.8, 4) is 0 Å². The van der Waals surface area contributed by atoms with Crippen LogP contribution in [0, 0.1) is 118 Å². The van der Waals surface area contributed by atoms with Crippen molar-refractivity contribution in [3.05, 3.63) is 0 Å². The van der Waals surface area contributed by atoms with Crippen LogP contribution < -0.4 is 0 Å². The topological polar surface area (TPSA) is 146 Å². The van der Waals surface area contributed by atoms with Gasteiger partial charge in [-0.15, -0.1) is 0 Å². The van der Waals surface area contributed by atoms with Gasteiger partial charge in [0.2, 0.25) is 12.6 Å². The van der Waals surface area contributed by atoms with E-state index in [0.29, 0.717) is 35.5 Å². The first-order valence-electron chi connectivity index (χ1n) is 29.8. The van der Waals surface area contributed by atoms with E-state index in [1.54, 1.807) is 0 Å². The molecule has 0 aromatic rings. The van der Waals surface area contributed by atoms with Gasteiger partial charge in [0.1, 0.15) is 0 Å². The fraction of sp³-hybridized carbons (Fsp3) is 0.938. The van der Waals surface area contributed by atoms with Gasteiger partial charge < -0.3 is 29.2 Å². The maximum absolute atomic E-state index is 12.7. The SMILES string of the molecule is C.C.C.C.CCCC1CC(C)C2C3CC(C(=O)O)C(C3)C12.CCCC1CC(C)C2C3CC(C(=O)OC4CCCCO4)C(C3)C12.CCCC1CC(C)CC1C(=O)O.CCCC1CC(C)CC1C(=O)OC1CCCCO1. The molecule has 10 aliphatic rings. The van der Waals surface area contributed by atoms with Gasteiger partial charge in [0.05, 0.1) is 36.9 Å². The van der Waals surface area contributed by atoms with Gasteiger partial charge in [-0.1, -0.05) is 124 Å². The first kappa shape index (κ1) is 66.1. The zero-order valence-electron chi connectivity index (χ0n) is 45.2. The molecule has 0 aromatic carbocycles. The third-order valence-corrected chi connectivity index (χ3v) is 20.5. The number of aliphatic carboxylic acids is 2. The lowest BCUT2D eigenvalue weighted by molar-refractivity contribution is -0.194. The van der Waals surface area contributed by atoms with E-state index in [2.05, 4.69) is 55.4 Å². The van der Waals surface area contributed by atoms with E-state index in [1.807, 2.05) is 0 Å². The minimum Gasteiger partial charge on any atom is -0.481 e. The molecule has 0 radical (unpaired) electrons. The zero-order valence-corrected chi connectivity index (χ0v) is 45.2. The molecule has 8 saturated carbocycles. The number of esters is 2. The van der Waals surface area contributed by atoms with Crippen LogP contribution in [0.3, 0.4) is 0 Å². The molecule has 0 amide bonds. The van der Waals surface area contributed by atoms with Crippen LogP contribution >= 0.6 is 0 Å². The molecule has 2 N–H and O–H groups in total. The molecular formula is C64H116O10. The van der Waals surface area contributed by atoms with Gasteiger partial charge in [-0.3, -0.25) is 19.2 Å². The number of hydrogen-bond donors (Lipinski definition) is 2. The van der Waals surface area contributed by atoms with E-state index >= 15 is 0 Å². The molecule has 10 heteroatoms. The lowest BCUT2D eigenvalue weighted by Gasteiger charge is -2.35. The monoisotopic (exact) mass is 1040 g/mol. The number of carbonyl (C=O) groups is 4. The molecule has 2 saturated heterocycles. The minimum absolute atomic E-state index is 0. The smallest absolute Gasteiger partial charge is 0.311 e. The summed E-state index contributed by atoms with van der Waals surface area (Å²) in [6.45, 7) is 19.6. The van der Waals surface area contributed by atoms with Crippen LogP contribution in [0.2, 0.25) is 0 Å². The molecule has 2 aliphatic heterocycles. The molecular weight excluding hydrogens is 929 g/mol. The van der Waals surface area contributed by atoms with Crippen molar-refractivity contribution in [3.63, 3.8) is 0 Å². The Hall–Kier alpha value is -2.20. The van der Waals surface area contributed by atoms with Gasteiger partial charge in [-0.25, -0.2) is 0 Å². The summed E-state index contributed by atoms with van der Waals surface area (Å²) in [4.78, 5) is 47.1. The molecule has 22 atom stereocenters. The lowest BCUT2D eigenvalue weighted by atomic mass is 9.71. The number of rotatable bonds is 14. The quantitative estimate of drug-likeness (QED) is 0.161. The van der Waals surface area contributed by atoms with E-state index in [9.17, 15) is 24.3 Å². The predicted molar refractivity (Wildman–Crippen MR) is 300 cm³/mol. The standard InChI is InChI=1S/C20H32O3.C15H26O3.C15H24O2.C10H18O2.4CH4/c1-3-6-13-9-12(2)18-14-10-15(19(13)18)16(11-14)20(21)23-17-7-4-5-8-22-17;1-3-6-12-9-11(2)10-13(12)15(16)18-14-7-4-5-8-17-14;1-3-4-9-5-8(2)13-10-6-11(14(9)13)12(7-10)15(16)17;1-3-4-8-5-7(2)6-9(8)10(11)12;;;;/h12-19H,3-11H2,1-2H3;11-14H,3-10H2,1-2H3;8-14H,3-7H2,1-2H3,(H,16,17);7-9H,3-6H2,1-2H3,(H,11,12);4*1H4. The molecule has 74 heavy (non-hydrogen) atoms. The number of ether oxygens (including phenoxy) is 4. The molecule has 10 rings (SSSR count). The Labute approximate surface area is 453 Å². The van der Waals surface area contributed by atoms with Crippen LogP contribution in [-0.2, 0) is 38.1 Å². The Morgan fingerprint density at radius 1 is 0.432 bits per heavy atom. The number of carbonyl (C=O) groups excluding carboxylic acids is 2. The highest BCUT2D eigenvalue weighted by molar-refractivity contribution is 5.74. The van der Waals surface area contributed by atoms with Crippen LogP contribution in [0.5, 0.6) is 0 Å². The van der Waals surface area contributed by atoms with E-state index in [-0.39, 0.29) is 77.9 Å². The van der Waals surface area contributed by atoms with Gasteiger partial charge >= 0.3 is 23.9 Å². The summed E-state index contributed by atoms with van der Waals surface area (Å²) in [6, 6.07) is 0. The number of fused-ring (bicyclic) bond motifs is 10. The highest BCUT2D eigenvalue weighted by atomic mass is 16.7. The molecule has 4 bridgehead atoms. The Morgan fingerprint density at radius 2 is 0.811 bits per heavy atom. The average Bonchev–Trinajstić information content (AvgIpc) is 4.22. The van der Waals surface area contributed by atoms with Crippen molar-refractivity contribution in [1.82, 2.24) is 0 Å². The molecule has 0 aromatic heterocycles. The zero-order chi connectivity index (χ0) is 50.2. The van der Waals surface area contributed by atoms with Crippen molar-refractivity contribution in [2.75, 3.05) is 13.2 Å². The second-order valence-electron chi connectivity index (χ2n) is 25.4. The van der Waals surface area contributed by atoms with Crippen molar-refractivity contribution in [1.29, 1.82) is 0 Å². The molecule has 432 valence electrons. The predicted octanol–water partition coefficient (Wildman–Crippen LogP) is 16.4. The van der Waals surface area contributed by atoms with Gasteiger partial charge in [0.25, 0.3) is 0 Å². The number of carboxylic acid groups (broad SMARTS) is 2. The van der Waals surface area contributed by atoms with E-state index in [4.69, 9.17) is 24.1 Å². The van der Waals surface area contributed by atoms with Crippen LogP contribution in [0.15, 0.2) is 0 Å².